The van der Waals surface area contributed by atoms with Gasteiger partial charge in [0.15, 0.2) is 17.2 Å². The molecule has 0 saturated carbocycles. The van der Waals surface area contributed by atoms with Crippen molar-refractivity contribution in [3.05, 3.63) is 42.0 Å². The molecule has 2 rings (SSSR count). The molecule has 0 radical (unpaired) electrons. The van der Waals surface area contributed by atoms with Gasteiger partial charge in [0, 0.05) is 0 Å². The van der Waals surface area contributed by atoms with Crippen molar-refractivity contribution < 1.29 is 14.2 Å². The highest BCUT2D eigenvalue weighted by atomic mass is 16.5. The van der Waals surface area contributed by atoms with Gasteiger partial charge in [0.25, 0.3) is 0 Å². The molecule has 4 heteroatoms. The van der Waals surface area contributed by atoms with Gasteiger partial charge < -0.3 is 19.9 Å². The Balaban J connectivity index is 2.44. The summed E-state index contributed by atoms with van der Waals surface area (Å²) < 4.78 is 16.4. The van der Waals surface area contributed by atoms with Crippen LogP contribution in [0.15, 0.2) is 36.4 Å². The molecule has 0 aliphatic heterocycles. The lowest BCUT2D eigenvalue weighted by Gasteiger charge is -2.15. The second kappa shape index (κ2) is 5.52. The molecule has 0 aliphatic carbocycles. The molecule has 100 valence electrons. The number of anilines is 1. The summed E-state index contributed by atoms with van der Waals surface area (Å²) in [6.07, 6.45) is 0. The van der Waals surface area contributed by atoms with E-state index in [-0.39, 0.29) is 0 Å². The highest BCUT2D eigenvalue weighted by Crippen LogP contribution is 2.41. The van der Waals surface area contributed by atoms with Crippen molar-refractivity contribution in [2.45, 2.75) is 6.92 Å². The predicted molar refractivity (Wildman–Crippen MR) is 75.2 cm³/mol. The average Bonchev–Trinajstić information content (AvgIpc) is 2.42. The van der Waals surface area contributed by atoms with Crippen LogP contribution in [0.3, 0.4) is 0 Å². The predicted octanol–water partition coefficient (Wildman–Crippen LogP) is 3.39. The zero-order valence-electron chi connectivity index (χ0n) is 11.3. The normalized spacial score (nSPS) is 10.1. The van der Waals surface area contributed by atoms with Gasteiger partial charge >= 0.3 is 0 Å². The second-order valence-electron chi connectivity index (χ2n) is 4.09. The van der Waals surface area contributed by atoms with Crippen LogP contribution in [0.5, 0.6) is 23.0 Å². The maximum atomic E-state index is 5.93. The lowest BCUT2D eigenvalue weighted by Crippen LogP contribution is -1.97. The first-order valence-corrected chi connectivity index (χ1v) is 5.91. The Morgan fingerprint density at radius 3 is 2.16 bits per heavy atom. The average molecular weight is 259 g/mol. The molecule has 0 spiro atoms. The Labute approximate surface area is 112 Å². The third kappa shape index (κ3) is 2.57. The van der Waals surface area contributed by atoms with Crippen molar-refractivity contribution in [2.75, 3.05) is 20.0 Å². The lowest BCUT2D eigenvalue weighted by molar-refractivity contribution is 0.336. The fraction of sp³-hybridized carbons (Fsp3) is 0.200. The first-order chi connectivity index (χ1) is 9.17. The van der Waals surface area contributed by atoms with Crippen LogP contribution in [-0.4, -0.2) is 14.2 Å². The molecule has 19 heavy (non-hydrogen) atoms. The number of nitrogens with two attached hydrogens (primary N) is 1. The smallest absolute Gasteiger partial charge is 0.203 e. The van der Waals surface area contributed by atoms with E-state index in [2.05, 4.69) is 0 Å². The van der Waals surface area contributed by atoms with Crippen molar-refractivity contribution in [2.24, 2.45) is 0 Å². The first-order valence-electron chi connectivity index (χ1n) is 5.91. The Bertz CT molecular complexity index is 561. The van der Waals surface area contributed by atoms with Crippen LogP contribution in [-0.2, 0) is 0 Å². The minimum absolute atomic E-state index is 0.549. The Morgan fingerprint density at radius 2 is 1.53 bits per heavy atom. The van der Waals surface area contributed by atoms with Gasteiger partial charge in [0.2, 0.25) is 5.75 Å². The van der Waals surface area contributed by atoms with Gasteiger partial charge in [-0.1, -0.05) is 18.2 Å². The van der Waals surface area contributed by atoms with E-state index in [1.807, 2.05) is 37.3 Å². The molecule has 0 bridgehead atoms. The molecule has 4 nitrogen and oxygen atoms in total. The molecule has 0 amide bonds. The molecule has 0 heterocycles. The summed E-state index contributed by atoms with van der Waals surface area (Å²) in [5, 5.41) is 0. The van der Waals surface area contributed by atoms with E-state index < -0.39 is 0 Å². The van der Waals surface area contributed by atoms with Gasteiger partial charge in [-0.05, 0) is 30.7 Å². The molecule has 2 N–H and O–H groups in total. The van der Waals surface area contributed by atoms with Crippen molar-refractivity contribution >= 4 is 5.69 Å². The molecule has 2 aromatic rings. The largest absolute Gasteiger partial charge is 0.493 e. The van der Waals surface area contributed by atoms with Gasteiger partial charge in [0.05, 0.1) is 19.9 Å². The Morgan fingerprint density at radius 1 is 0.842 bits per heavy atom. The zero-order valence-corrected chi connectivity index (χ0v) is 11.3. The number of benzene rings is 2. The minimum Gasteiger partial charge on any atom is -0.493 e. The highest BCUT2D eigenvalue weighted by molar-refractivity contribution is 5.60. The number of aryl methyl sites for hydroxylation is 1. The number of ether oxygens (including phenoxy) is 3. The summed E-state index contributed by atoms with van der Waals surface area (Å²) in [7, 11) is 3.16. The summed E-state index contributed by atoms with van der Waals surface area (Å²) in [6.45, 7) is 1.94. The molecular formula is C15H17NO3. The maximum Gasteiger partial charge on any atom is 0.203 e. The van der Waals surface area contributed by atoms with E-state index >= 15 is 0 Å². The van der Waals surface area contributed by atoms with Crippen LogP contribution >= 0.6 is 0 Å². The molecule has 0 fully saturated rings. The fourth-order valence-corrected chi connectivity index (χ4v) is 1.86. The molecule has 0 saturated heterocycles. The number of rotatable bonds is 4. The van der Waals surface area contributed by atoms with Crippen molar-refractivity contribution in [1.29, 1.82) is 0 Å². The third-order valence-electron chi connectivity index (χ3n) is 2.82. The van der Waals surface area contributed by atoms with E-state index in [9.17, 15) is 0 Å². The Hall–Kier alpha value is -2.36. The number of para-hydroxylation sites is 2. The standard InChI is InChI=1S/C15H17NO3/c1-10-6-4-7-11(16)14(10)19-13-9-5-8-12(17-2)15(13)18-3/h4-9H,16H2,1-3H3. The van der Waals surface area contributed by atoms with Crippen molar-refractivity contribution in [3.63, 3.8) is 0 Å². The zero-order chi connectivity index (χ0) is 13.8. The monoisotopic (exact) mass is 259 g/mol. The number of nitrogen functional groups attached to an aromatic ring is 1. The van der Waals surface area contributed by atoms with Crippen LogP contribution in [0.2, 0.25) is 0 Å². The van der Waals surface area contributed by atoms with Crippen LogP contribution in [0.1, 0.15) is 5.56 Å². The summed E-state index contributed by atoms with van der Waals surface area (Å²) in [5.74, 6) is 2.37. The third-order valence-corrected chi connectivity index (χ3v) is 2.82. The van der Waals surface area contributed by atoms with Crippen LogP contribution in [0.4, 0.5) is 5.69 Å². The summed E-state index contributed by atoms with van der Waals surface area (Å²) >= 11 is 0. The van der Waals surface area contributed by atoms with Crippen molar-refractivity contribution in [3.8, 4) is 23.0 Å². The first kappa shape index (κ1) is 13.1. The van der Waals surface area contributed by atoms with E-state index in [1.165, 1.54) is 0 Å². The fourth-order valence-electron chi connectivity index (χ4n) is 1.86. The second-order valence-corrected chi connectivity index (χ2v) is 4.09. The quantitative estimate of drug-likeness (QED) is 0.855. The van der Waals surface area contributed by atoms with Gasteiger partial charge in [-0.15, -0.1) is 0 Å². The molecule has 0 aromatic heterocycles. The van der Waals surface area contributed by atoms with E-state index in [4.69, 9.17) is 19.9 Å². The summed E-state index contributed by atoms with van der Waals surface area (Å²) in [5.41, 5.74) is 7.48. The van der Waals surface area contributed by atoms with E-state index in [0.29, 0.717) is 28.7 Å². The molecule has 0 aliphatic rings. The molecular weight excluding hydrogens is 242 g/mol. The topological polar surface area (TPSA) is 53.7 Å². The van der Waals surface area contributed by atoms with E-state index in [1.54, 1.807) is 20.3 Å². The molecule has 0 atom stereocenters. The molecule has 2 aromatic carbocycles. The van der Waals surface area contributed by atoms with Gasteiger partial charge in [-0.3, -0.25) is 0 Å². The maximum absolute atomic E-state index is 5.93. The van der Waals surface area contributed by atoms with Crippen LogP contribution < -0.4 is 19.9 Å². The number of methoxy groups -OCH3 is 2. The summed E-state index contributed by atoms with van der Waals surface area (Å²) in [6, 6.07) is 11.1. The minimum atomic E-state index is 0.549. The van der Waals surface area contributed by atoms with Crippen LogP contribution in [0.25, 0.3) is 0 Å². The Kier molecular flexibility index (Phi) is 3.80. The SMILES string of the molecule is COc1cccc(Oc2c(C)cccc2N)c1OC. The molecule has 0 unspecified atom stereocenters. The van der Waals surface area contributed by atoms with Gasteiger partial charge in [-0.25, -0.2) is 0 Å². The van der Waals surface area contributed by atoms with Gasteiger partial charge in [0.1, 0.15) is 0 Å². The summed E-state index contributed by atoms with van der Waals surface area (Å²) in [4.78, 5) is 0. The van der Waals surface area contributed by atoms with Gasteiger partial charge in [-0.2, -0.15) is 0 Å². The number of hydrogen-bond acceptors (Lipinski definition) is 4. The lowest BCUT2D eigenvalue weighted by atomic mass is 10.2. The van der Waals surface area contributed by atoms with Crippen molar-refractivity contribution in [1.82, 2.24) is 0 Å². The number of hydrogen-bond donors (Lipinski definition) is 1. The van der Waals surface area contributed by atoms with Crippen LogP contribution in [0, 0.1) is 6.92 Å². The highest BCUT2D eigenvalue weighted by Gasteiger charge is 2.13. The van der Waals surface area contributed by atoms with E-state index in [0.717, 1.165) is 5.56 Å².